The lowest BCUT2D eigenvalue weighted by molar-refractivity contribution is 0.0923. The predicted octanol–water partition coefficient (Wildman–Crippen LogP) is 3.68. The number of amides is 1. The van der Waals surface area contributed by atoms with Crippen molar-refractivity contribution >= 4 is 28.5 Å². The van der Waals surface area contributed by atoms with Crippen LogP contribution in [-0.2, 0) is 6.54 Å². The average Bonchev–Trinajstić information content (AvgIpc) is 2.54. The van der Waals surface area contributed by atoms with Gasteiger partial charge in [-0.25, -0.2) is 0 Å². The highest BCUT2D eigenvalue weighted by Gasteiger charge is 2.12. The first-order chi connectivity index (χ1) is 11.0. The highest BCUT2D eigenvalue weighted by Crippen LogP contribution is 2.17. The molecule has 3 aromatic rings. The molecular formula is C18H14ClNO3. The molecule has 0 aliphatic rings. The van der Waals surface area contributed by atoms with Crippen LogP contribution in [0.15, 0.2) is 57.7 Å². The molecule has 0 spiro atoms. The summed E-state index contributed by atoms with van der Waals surface area (Å²) in [5.74, 6) is -0.444. The van der Waals surface area contributed by atoms with Gasteiger partial charge in [-0.2, -0.15) is 0 Å². The van der Waals surface area contributed by atoms with Gasteiger partial charge in [-0.1, -0.05) is 35.9 Å². The SMILES string of the molecule is Cc1ccccc1CNC(=O)c1cc(=O)c2cc(Cl)ccc2o1. The van der Waals surface area contributed by atoms with E-state index in [-0.39, 0.29) is 11.2 Å². The van der Waals surface area contributed by atoms with E-state index in [2.05, 4.69) is 5.32 Å². The zero-order valence-corrected chi connectivity index (χ0v) is 13.2. The molecular weight excluding hydrogens is 314 g/mol. The lowest BCUT2D eigenvalue weighted by Gasteiger charge is -2.08. The second kappa shape index (κ2) is 6.26. The smallest absolute Gasteiger partial charge is 0.287 e. The van der Waals surface area contributed by atoms with E-state index in [4.69, 9.17) is 16.0 Å². The van der Waals surface area contributed by atoms with Gasteiger partial charge in [-0.3, -0.25) is 9.59 Å². The van der Waals surface area contributed by atoms with E-state index in [9.17, 15) is 9.59 Å². The van der Waals surface area contributed by atoms with Crippen LogP contribution in [0.25, 0.3) is 11.0 Å². The van der Waals surface area contributed by atoms with Gasteiger partial charge >= 0.3 is 0 Å². The van der Waals surface area contributed by atoms with Gasteiger partial charge in [0.05, 0.1) is 5.39 Å². The summed E-state index contributed by atoms with van der Waals surface area (Å²) >= 11 is 5.87. The molecule has 4 nitrogen and oxygen atoms in total. The van der Waals surface area contributed by atoms with Crippen LogP contribution in [0.5, 0.6) is 0 Å². The third kappa shape index (κ3) is 3.27. The highest BCUT2D eigenvalue weighted by atomic mass is 35.5. The van der Waals surface area contributed by atoms with E-state index >= 15 is 0 Å². The van der Waals surface area contributed by atoms with Crippen LogP contribution in [-0.4, -0.2) is 5.91 Å². The Morgan fingerprint density at radius 2 is 1.96 bits per heavy atom. The van der Waals surface area contributed by atoms with Crippen LogP contribution >= 0.6 is 11.6 Å². The minimum absolute atomic E-state index is 0.0154. The summed E-state index contributed by atoms with van der Waals surface area (Å²) in [6.07, 6.45) is 0. The fourth-order valence-corrected chi connectivity index (χ4v) is 2.48. The minimum atomic E-state index is -0.429. The van der Waals surface area contributed by atoms with Gasteiger partial charge in [0.25, 0.3) is 5.91 Å². The summed E-state index contributed by atoms with van der Waals surface area (Å²) in [7, 11) is 0. The minimum Gasteiger partial charge on any atom is -0.451 e. The summed E-state index contributed by atoms with van der Waals surface area (Å²) in [6.45, 7) is 2.34. The van der Waals surface area contributed by atoms with Crippen LogP contribution in [0.2, 0.25) is 5.02 Å². The number of carbonyl (C=O) groups is 1. The Hall–Kier alpha value is -2.59. The molecule has 0 unspecified atom stereocenters. The third-order valence-corrected chi connectivity index (χ3v) is 3.85. The van der Waals surface area contributed by atoms with Crippen molar-refractivity contribution in [3.63, 3.8) is 0 Å². The van der Waals surface area contributed by atoms with Crippen LogP contribution < -0.4 is 10.7 Å². The van der Waals surface area contributed by atoms with Crippen molar-refractivity contribution in [1.82, 2.24) is 5.32 Å². The Balaban J connectivity index is 1.85. The summed E-state index contributed by atoms with van der Waals surface area (Å²) in [5, 5.41) is 3.56. The zero-order valence-electron chi connectivity index (χ0n) is 12.4. The second-order valence-electron chi connectivity index (χ2n) is 5.22. The van der Waals surface area contributed by atoms with Crippen LogP contribution in [0.3, 0.4) is 0 Å². The number of fused-ring (bicyclic) bond motifs is 1. The molecule has 0 saturated heterocycles. The van der Waals surface area contributed by atoms with Crippen molar-refractivity contribution in [3.05, 3.63) is 80.7 Å². The van der Waals surface area contributed by atoms with Gasteiger partial charge in [0.2, 0.25) is 0 Å². The normalized spacial score (nSPS) is 10.7. The molecule has 5 heteroatoms. The van der Waals surface area contributed by atoms with Gasteiger partial charge in [0.1, 0.15) is 5.58 Å². The quantitative estimate of drug-likeness (QED) is 0.798. The van der Waals surface area contributed by atoms with Crippen LogP contribution in [0.4, 0.5) is 0 Å². The number of halogens is 1. The summed E-state index contributed by atoms with van der Waals surface area (Å²) in [4.78, 5) is 24.3. The van der Waals surface area contributed by atoms with Crippen LogP contribution in [0, 0.1) is 6.92 Å². The molecule has 3 rings (SSSR count). The molecule has 1 amide bonds. The Morgan fingerprint density at radius 3 is 2.74 bits per heavy atom. The molecule has 0 aliphatic carbocycles. The van der Waals surface area contributed by atoms with Gasteiger partial charge in [0.15, 0.2) is 11.2 Å². The first kappa shape index (κ1) is 15.3. The molecule has 0 fully saturated rings. The standard InChI is InChI=1S/C18H14ClNO3/c1-11-4-2-3-5-12(11)10-20-18(22)17-9-15(21)14-8-13(19)6-7-16(14)23-17/h2-9H,10H2,1H3,(H,20,22). The number of hydrogen-bond donors (Lipinski definition) is 1. The Morgan fingerprint density at radius 1 is 1.17 bits per heavy atom. The predicted molar refractivity (Wildman–Crippen MR) is 89.8 cm³/mol. The maximum Gasteiger partial charge on any atom is 0.287 e. The van der Waals surface area contributed by atoms with Gasteiger partial charge in [0, 0.05) is 17.6 Å². The molecule has 0 bridgehead atoms. The Labute approximate surface area is 137 Å². The fourth-order valence-electron chi connectivity index (χ4n) is 2.31. The zero-order chi connectivity index (χ0) is 16.4. The molecule has 1 aromatic heterocycles. The molecule has 2 aromatic carbocycles. The number of aryl methyl sites for hydroxylation is 1. The number of carbonyl (C=O) groups excluding carboxylic acids is 1. The molecule has 116 valence electrons. The van der Waals surface area contributed by atoms with Crippen molar-refractivity contribution in [1.29, 1.82) is 0 Å². The van der Waals surface area contributed by atoms with E-state index in [1.165, 1.54) is 12.1 Å². The van der Waals surface area contributed by atoms with Gasteiger partial charge in [-0.15, -0.1) is 0 Å². The van der Waals surface area contributed by atoms with Crippen molar-refractivity contribution in [2.45, 2.75) is 13.5 Å². The van der Waals surface area contributed by atoms with Crippen molar-refractivity contribution < 1.29 is 9.21 Å². The first-order valence-corrected chi connectivity index (χ1v) is 7.48. The molecule has 1 N–H and O–H groups in total. The van der Waals surface area contributed by atoms with Crippen molar-refractivity contribution in [2.75, 3.05) is 0 Å². The highest BCUT2D eigenvalue weighted by molar-refractivity contribution is 6.31. The lowest BCUT2D eigenvalue weighted by atomic mass is 10.1. The number of nitrogens with one attached hydrogen (secondary N) is 1. The number of hydrogen-bond acceptors (Lipinski definition) is 3. The maximum atomic E-state index is 12.2. The molecule has 0 atom stereocenters. The van der Waals surface area contributed by atoms with Crippen molar-refractivity contribution in [2.24, 2.45) is 0 Å². The van der Waals surface area contributed by atoms with Crippen LogP contribution in [0.1, 0.15) is 21.7 Å². The molecule has 0 aliphatic heterocycles. The topological polar surface area (TPSA) is 59.3 Å². The Bertz CT molecular complexity index is 946. The van der Waals surface area contributed by atoms with Crippen molar-refractivity contribution in [3.8, 4) is 0 Å². The largest absolute Gasteiger partial charge is 0.451 e. The Kier molecular flexibility index (Phi) is 4.17. The van der Waals surface area contributed by atoms with E-state index in [1.54, 1.807) is 12.1 Å². The summed E-state index contributed by atoms with van der Waals surface area (Å²) < 4.78 is 5.51. The van der Waals surface area contributed by atoms with E-state index in [1.807, 2.05) is 31.2 Å². The molecule has 0 saturated carbocycles. The van der Waals surface area contributed by atoms with E-state index < -0.39 is 5.91 Å². The van der Waals surface area contributed by atoms with E-state index in [0.29, 0.717) is 22.5 Å². The molecule has 1 heterocycles. The lowest BCUT2D eigenvalue weighted by Crippen LogP contribution is -2.24. The second-order valence-corrected chi connectivity index (χ2v) is 5.66. The summed E-state index contributed by atoms with van der Waals surface area (Å²) in [6, 6.07) is 13.7. The average molecular weight is 328 g/mol. The maximum absolute atomic E-state index is 12.2. The molecule has 23 heavy (non-hydrogen) atoms. The summed E-state index contributed by atoms with van der Waals surface area (Å²) in [5.41, 5.74) is 2.14. The molecule has 0 radical (unpaired) electrons. The number of benzene rings is 2. The first-order valence-electron chi connectivity index (χ1n) is 7.11. The van der Waals surface area contributed by atoms with Gasteiger partial charge < -0.3 is 9.73 Å². The van der Waals surface area contributed by atoms with E-state index in [0.717, 1.165) is 11.1 Å². The van der Waals surface area contributed by atoms with Gasteiger partial charge in [-0.05, 0) is 36.2 Å². The number of rotatable bonds is 3. The fraction of sp³-hybridized carbons (Fsp3) is 0.111. The monoisotopic (exact) mass is 327 g/mol. The third-order valence-electron chi connectivity index (χ3n) is 3.61.